The van der Waals surface area contributed by atoms with Crippen LogP contribution in [0.3, 0.4) is 0 Å². The van der Waals surface area contributed by atoms with Crippen LogP contribution in [0.1, 0.15) is 13.8 Å². The Morgan fingerprint density at radius 3 is 2.29 bits per heavy atom. The van der Waals surface area contributed by atoms with Gasteiger partial charge in [0.25, 0.3) is 0 Å². The molecule has 0 saturated carbocycles. The summed E-state index contributed by atoms with van der Waals surface area (Å²) in [6.07, 6.45) is 0. The lowest BCUT2D eigenvalue weighted by atomic mass is 10.0. The van der Waals surface area contributed by atoms with Crippen LogP contribution in [-0.4, -0.2) is 49.9 Å². The molecular weight excluding hydrogens is 220 g/mol. The van der Waals surface area contributed by atoms with Crippen molar-refractivity contribution in [3.05, 3.63) is 0 Å². The van der Waals surface area contributed by atoms with Gasteiger partial charge < -0.3 is 15.5 Å². The molecule has 0 heterocycles. The van der Waals surface area contributed by atoms with E-state index in [4.69, 9.17) is 5.26 Å². The lowest BCUT2D eigenvalue weighted by Gasteiger charge is -2.25. The monoisotopic (exact) mass is 240 g/mol. The minimum atomic E-state index is -0.768. The van der Waals surface area contributed by atoms with Crippen LogP contribution in [0.25, 0.3) is 0 Å². The van der Waals surface area contributed by atoms with E-state index in [0.717, 1.165) is 0 Å². The minimum absolute atomic E-state index is 0.0923. The summed E-state index contributed by atoms with van der Waals surface area (Å²) in [6, 6.07) is 1.65. The van der Waals surface area contributed by atoms with Gasteiger partial charge in [0, 0.05) is 12.6 Å². The van der Waals surface area contributed by atoms with Gasteiger partial charge in [-0.1, -0.05) is 13.8 Å². The molecule has 0 aliphatic heterocycles. The summed E-state index contributed by atoms with van der Waals surface area (Å²) < 4.78 is 0. The zero-order valence-corrected chi connectivity index (χ0v) is 10.8. The summed E-state index contributed by atoms with van der Waals surface area (Å²) in [5.41, 5.74) is 0. The Hall–Kier alpha value is -1.61. The van der Waals surface area contributed by atoms with E-state index in [1.807, 2.05) is 32.8 Å². The maximum absolute atomic E-state index is 11.5. The predicted molar refractivity (Wildman–Crippen MR) is 63.9 cm³/mol. The van der Waals surface area contributed by atoms with Gasteiger partial charge in [-0.2, -0.15) is 5.26 Å². The molecule has 1 unspecified atom stereocenters. The molecule has 0 aliphatic rings. The lowest BCUT2D eigenvalue weighted by Crippen LogP contribution is -2.50. The Labute approximate surface area is 102 Å². The van der Waals surface area contributed by atoms with Gasteiger partial charge in [0.1, 0.15) is 6.54 Å². The molecule has 0 spiro atoms. The van der Waals surface area contributed by atoms with E-state index in [0.29, 0.717) is 6.54 Å². The maximum atomic E-state index is 11.5. The standard InChI is InChI=1S/C11H20N4O2/c1-8(2)9(7-15(3)4)14-11(17)10(16)13-6-5-12/h8-9H,6-7H2,1-4H3,(H,13,16)(H,14,17). The first-order valence-electron chi connectivity index (χ1n) is 5.48. The minimum Gasteiger partial charge on any atom is -0.344 e. The van der Waals surface area contributed by atoms with E-state index < -0.39 is 11.8 Å². The molecule has 0 aliphatic carbocycles. The third-order valence-electron chi connectivity index (χ3n) is 2.22. The molecule has 0 rings (SSSR count). The van der Waals surface area contributed by atoms with Gasteiger partial charge in [-0.3, -0.25) is 9.59 Å². The van der Waals surface area contributed by atoms with Crippen molar-refractivity contribution in [2.24, 2.45) is 5.92 Å². The molecule has 2 N–H and O–H groups in total. The number of hydrogen-bond donors (Lipinski definition) is 2. The van der Waals surface area contributed by atoms with Crippen LogP contribution in [0, 0.1) is 17.2 Å². The van der Waals surface area contributed by atoms with Crippen LogP contribution >= 0.6 is 0 Å². The third-order valence-corrected chi connectivity index (χ3v) is 2.22. The first-order chi connectivity index (χ1) is 7.88. The number of rotatable bonds is 5. The van der Waals surface area contributed by atoms with Crippen LogP contribution in [-0.2, 0) is 9.59 Å². The van der Waals surface area contributed by atoms with Gasteiger partial charge in [0.2, 0.25) is 0 Å². The number of nitrogens with zero attached hydrogens (tertiary/aromatic N) is 2. The molecule has 6 heteroatoms. The number of hydrogen-bond acceptors (Lipinski definition) is 4. The zero-order chi connectivity index (χ0) is 13.4. The van der Waals surface area contributed by atoms with Gasteiger partial charge in [-0.25, -0.2) is 0 Å². The second kappa shape index (κ2) is 7.63. The number of carbonyl (C=O) groups excluding carboxylic acids is 2. The molecule has 0 aromatic carbocycles. The second-order valence-corrected chi connectivity index (χ2v) is 4.43. The van der Waals surface area contributed by atoms with Crippen molar-refractivity contribution in [3.63, 3.8) is 0 Å². The van der Waals surface area contributed by atoms with Crippen LogP contribution < -0.4 is 10.6 Å². The van der Waals surface area contributed by atoms with E-state index in [1.165, 1.54) is 0 Å². The molecule has 0 radical (unpaired) electrons. The summed E-state index contributed by atoms with van der Waals surface area (Å²) in [5, 5.41) is 13.1. The fourth-order valence-corrected chi connectivity index (χ4v) is 1.25. The summed E-state index contributed by atoms with van der Waals surface area (Å²) in [6.45, 7) is 4.45. The summed E-state index contributed by atoms with van der Waals surface area (Å²) in [5.74, 6) is -1.23. The second-order valence-electron chi connectivity index (χ2n) is 4.43. The highest BCUT2D eigenvalue weighted by molar-refractivity contribution is 6.35. The molecule has 0 bridgehead atoms. The molecule has 0 saturated heterocycles. The van der Waals surface area contributed by atoms with Gasteiger partial charge in [-0.05, 0) is 20.0 Å². The van der Waals surface area contributed by atoms with Crippen molar-refractivity contribution < 1.29 is 9.59 Å². The Kier molecular flexibility index (Phi) is 6.91. The molecular formula is C11H20N4O2. The summed E-state index contributed by atoms with van der Waals surface area (Å²) in [4.78, 5) is 24.7. The van der Waals surface area contributed by atoms with Crippen LogP contribution in [0.4, 0.5) is 0 Å². The molecule has 2 amide bonds. The topological polar surface area (TPSA) is 85.2 Å². The molecule has 6 nitrogen and oxygen atoms in total. The van der Waals surface area contributed by atoms with Crippen molar-refractivity contribution in [3.8, 4) is 6.07 Å². The number of likely N-dealkylation sites (N-methyl/N-ethyl adjacent to an activating group) is 1. The SMILES string of the molecule is CC(C)C(CN(C)C)NC(=O)C(=O)NCC#N. The molecule has 0 aromatic rings. The lowest BCUT2D eigenvalue weighted by molar-refractivity contribution is -0.139. The Bertz CT molecular complexity index is 307. The first-order valence-corrected chi connectivity index (χ1v) is 5.48. The normalized spacial score (nSPS) is 12.1. The van der Waals surface area contributed by atoms with Crippen LogP contribution in [0.15, 0.2) is 0 Å². The number of nitriles is 1. The largest absolute Gasteiger partial charge is 0.344 e. The molecule has 0 aromatic heterocycles. The molecule has 96 valence electrons. The predicted octanol–water partition coefficient (Wildman–Crippen LogP) is -0.671. The van der Waals surface area contributed by atoms with Crippen molar-refractivity contribution in [1.82, 2.24) is 15.5 Å². The maximum Gasteiger partial charge on any atom is 0.310 e. The average Bonchev–Trinajstić information content (AvgIpc) is 2.23. The van der Waals surface area contributed by atoms with E-state index >= 15 is 0 Å². The highest BCUT2D eigenvalue weighted by Gasteiger charge is 2.20. The van der Waals surface area contributed by atoms with Gasteiger partial charge in [0.05, 0.1) is 6.07 Å². The van der Waals surface area contributed by atoms with Crippen molar-refractivity contribution in [2.75, 3.05) is 27.2 Å². The number of carbonyl (C=O) groups is 2. The fraction of sp³-hybridized carbons (Fsp3) is 0.727. The Morgan fingerprint density at radius 1 is 1.29 bits per heavy atom. The van der Waals surface area contributed by atoms with E-state index in [1.54, 1.807) is 6.07 Å². The first kappa shape index (κ1) is 15.4. The Balaban J connectivity index is 4.31. The molecule has 17 heavy (non-hydrogen) atoms. The highest BCUT2D eigenvalue weighted by Crippen LogP contribution is 2.02. The molecule has 1 atom stereocenters. The van der Waals surface area contributed by atoms with E-state index in [-0.39, 0.29) is 18.5 Å². The summed E-state index contributed by atoms with van der Waals surface area (Å²) >= 11 is 0. The van der Waals surface area contributed by atoms with Crippen molar-refractivity contribution >= 4 is 11.8 Å². The van der Waals surface area contributed by atoms with Gasteiger partial charge >= 0.3 is 11.8 Å². The Morgan fingerprint density at radius 2 is 1.88 bits per heavy atom. The quantitative estimate of drug-likeness (QED) is 0.493. The number of nitrogens with one attached hydrogen (secondary N) is 2. The van der Waals surface area contributed by atoms with Gasteiger partial charge in [0.15, 0.2) is 0 Å². The van der Waals surface area contributed by atoms with Crippen LogP contribution in [0.2, 0.25) is 0 Å². The average molecular weight is 240 g/mol. The van der Waals surface area contributed by atoms with Crippen molar-refractivity contribution in [2.45, 2.75) is 19.9 Å². The fourth-order valence-electron chi connectivity index (χ4n) is 1.25. The molecule has 0 fully saturated rings. The van der Waals surface area contributed by atoms with E-state index in [2.05, 4.69) is 10.6 Å². The van der Waals surface area contributed by atoms with Crippen molar-refractivity contribution in [1.29, 1.82) is 5.26 Å². The van der Waals surface area contributed by atoms with Crippen LogP contribution in [0.5, 0.6) is 0 Å². The highest BCUT2D eigenvalue weighted by atomic mass is 16.2. The zero-order valence-electron chi connectivity index (χ0n) is 10.8. The smallest absolute Gasteiger partial charge is 0.310 e. The van der Waals surface area contributed by atoms with E-state index in [9.17, 15) is 9.59 Å². The summed E-state index contributed by atoms with van der Waals surface area (Å²) in [7, 11) is 3.80. The third kappa shape index (κ3) is 6.53. The van der Waals surface area contributed by atoms with Gasteiger partial charge in [-0.15, -0.1) is 0 Å². The number of amides is 2.